The number of nitrogens with zero attached hydrogens (tertiary/aromatic N) is 3. The van der Waals surface area contributed by atoms with Crippen molar-refractivity contribution in [1.82, 2.24) is 9.13 Å². The molecule has 1 aliphatic carbocycles. The predicted molar refractivity (Wildman–Crippen MR) is 99.6 cm³/mol. The lowest BCUT2D eigenvalue weighted by atomic mass is 9.76. The number of aromatic nitrogens is 2. The van der Waals surface area contributed by atoms with E-state index in [-0.39, 0.29) is 17.3 Å². The number of carbonyl (C=O) groups is 1. The lowest BCUT2D eigenvalue weighted by Gasteiger charge is -2.30. The monoisotopic (exact) mass is 351 g/mol. The Labute approximate surface area is 150 Å². The molecule has 0 saturated heterocycles. The Hall–Kier alpha value is -2.76. The number of aliphatic imine (C=N–C) groups is 1. The Morgan fingerprint density at radius 3 is 2.35 bits per heavy atom. The summed E-state index contributed by atoms with van der Waals surface area (Å²) in [6.07, 6.45) is 0.684. The summed E-state index contributed by atoms with van der Waals surface area (Å²) in [5.74, 6) is -0.0212. The van der Waals surface area contributed by atoms with Crippen LogP contribution in [0.4, 0.5) is 5.82 Å². The van der Waals surface area contributed by atoms with Crippen LogP contribution in [0.3, 0.4) is 0 Å². The van der Waals surface area contributed by atoms with Crippen LogP contribution in [-0.4, -0.2) is 20.6 Å². The second-order valence-electron chi connectivity index (χ2n) is 7.56. The molecule has 0 fully saturated rings. The molecule has 2 aromatic rings. The smallest absolute Gasteiger partial charge is 0.293 e. The van der Waals surface area contributed by atoms with Gasteiger partial charge < -0.3 is 0 Å². The van der Waals surface area contributed by atoms with Crippen LogP contribution in [0.5, 0.6) is 0 Å². The predicted octanol–water partition coefficient (Wildman–Crippen LogP) is 2.16. The van der Waals surface area contributed by atoms with Gasteiger partial charge in [-0.25, -0.2) is 9.79 Å². The quantitative estimate of drug-likeness (QED) is 0.832. The summed E-state index contributed by atoms with van der Waals surface area (Å²) in [5, 5.41) is 0. The van der Waals surface area contributed by atoms with Crippen LogP contribution in [-0.2, 0) is 14.1 Å². The summed E-state index contributed by atoms with van der Waals surface area (Å²) < 4.78 is 2.53. The van der Waals surface area contributed by atoms with Crippen molar-refractivity contribution in [2.24, 2.45) is 30.9 Å². The minimum Gasteiger partial charge on any atom is -0.293 e. The van der Waals surface area contributed by atoms with Crippen LogP contribution < -0.4 is 11.2 Å². The fourth-order valence-corrected chi connectivity index (χ4v) is 4.25. The molecule has 0 radical (unpaired) electrons. The number of Topliss-reactive ketones (excluding diaryl/α,β-unsaturated/α-hetero) is 1. The Kier molecular flexibility index (Phi) is 3.61. The maximum Gasteiger partial charge on any atom is 0.332 e. The Bertz CT molecular complexity index is 1090. The molecule has 26 heavy (non-hydrogen) atoms. The highest BCUT2D eigenvalue weighted by molar-refractivity contribution is 6.29. The number of hydrogen-bond donors (Lipinski definition) is 0. The van der Waals surface area contributed by atoms with Gasteiger partial charge in [-0.2, -0.15) is 0 Å². The van der Waals surface area contributed by atoms with Gasteiger partial charge >= 0.3 is 5.69 Å². The molecule has 4 rings (SSSR count). The molecule has 1 aromatic heterocycles. The molecule has 0 amide bonds. The molecule has 6 nitrogen and oxygen atoms in total. The maximum atomic E-state index is 13.1. The zero-order valence-electron chi connectivity index (χ0n) is 15.3. The van der Waals surface area contributed by atoms with E-state index in [0.29, 0.717) is 35.0 Å². The van der Waals surface area contributed by atoms with Gasteiger partial charge in [0.2, 0.25) is 0 Å². The third-order valence-electron chi connectivity index (χ3n) is 5.44. The molecule has 1 aliphatic heterocycles. The largest absolute Gasteiger partial charge is 0.332 e. The standard InChI is InChI=1S/C20H21N3O3/c1-10(2)9-13-14-16(11-7-5-6-8-12(11)17(14)24)21-18-15(13)19(25)23(4)20(26)22(18)3/h5-8,10,13-14H,9H2,1-4H3. The molecule has 2 heterocycles. The molecule has 1 aromatic carbocycles. The van der Waals surface area contributed by atoms with E-state index in [4.69, 9.17) is 0 Å². The molecule has 0 saturated carbocycles. The third-order valence-corrected chi connectivity index (χ3v) is 5.44. The molecule has 6 heteroatoms. The van der Waals surface area contributed by atoms with Crippen LogP contribution in [0.25, 0.3) is 0 Å². The second kappa shape index (κ2) is 5.62. The van der Waals surface area contributed by atoms with Crippen LogP contribution in [0.2, 0.25) is 0 Å². The van der Waals surface area contributed by atoms with Gasteiger partial charge in [-0.3, -0.25) is 18.7 Å². The van der Waals surface area contributed by atoms with Crippen molar-refractivity contribution in [3.8, 4) is 0 Å². The maximum absolute atomic E-state index is 13.1. The minimum absolute atomic E-state index is 0.0200. The van der Waals surface area contributed by atoms with Crippen molar-refractivity contribution in [1.29, 1.82) is 0 Å². The van der Waals surface area contributed by atoms with E-state index >= 15 is 0 Å². The van der Waals surface area contributed by atoms with Crippen LogP contribution in [0.1, 0.15) is 47.7 Å². The van der Waals surface area contributed by atoms with E-state index in [1.807, 2.05) is 24.3 Å². The van der Waals surface area contributed by atoms with E-state index < -0.39 is 11.6 Å². The third kappa shape index (κ3) is 2.11. The molecule has 2 atom stereocenters. The van der Waals surface area contributed by atoms with Crippen LogP contribution in [0, 0.1) is 11.8 Å². The summed E-state index contributed by atoms with van der Waals surface area (Å²) in [5.41, 5.74) is 1.89. The second-order valence-corrected chi connectivity index (χ2v) is 7.56. The number of rotatable bonds is 2. The number of fused-ring (bicyclic) bond motifs is 4. The van der Waals surface area contributed by atoms with Gasteiger partial charge in [-0.05, 0) is 12.3 Å². The van der Waals surface area contributed by atoms with E-state index in [0.717, 1.165) is 10.1 Å². The van der Waals surface area contributed by atoms with Gasteiger partial charge in [0.15, 0.2) is 5.78 Å². The average Bonchev–Trinajstić information content (AvgIpc) is 2.90. The molecule has 0 bridgehead atoms. The summed E-state index contributed by atoms with van der Waals surface area (Å²) in [6, 6.07) is 7.43. The fourth-order valence-electron chi connectivity index (χ4n) is 4.25. The van der Waals surface area contributed by atoms with Crippen molar-refractivity contribution in [2.75, 3.05) is 0 Å². The Morgan fingerprint density at radius 1 is 1.04 bits per heavy atom. The highest BCUT2D eigenvalue weighted by Crippen LogP contribution is 2.45. The summed E-state index contributed by atoms with van der Waals surface area (Å²) in [4.78, 5) is 43.1. The first kappa shape index (κ1) is 16.7. The summed E-state index contributed by atoms with van der Waals surface area (Å²) >= 11 is 0. The topological polar surface area (TPSA) is 73.4 Å². The average molecular weight is 351 g/mol. The van der Waals surface area contributed by atoms with Gasteiger partial charge in [0.25, 0.3) is 5.56 Å². The lowest BCUT2D eigenvalue weighted by Crippen LogP contribution is -2.43. The van der Waals surface area contributed by atoms with Gasteiger partial charge in [0.1, 0.15) is 5.82 Å². The van der Waals surface area contributed by atoms with E-state index in [2.05, 4.69) is 18.8 Å². The van der Waals surface area contributed by atoms with Crippen molar-refractivity contribution in [3.63, 3.8) is 0 Å². The normalized spacial score (nSPS) is 20.7. The fraction of sp³-hybridized carbons (Fsp3) is 0.400. The SMILES string of the molecule is CC(C)CC1c2c(n(C)c(=O)n(C)c2=O)N=C2c3ccccc3C(=O)C21. The van der Waals surface area contributed by atoms with E-state index in [9.17, 15) is 14.4 Å². The minimum atomic E-state index is -0.451. The molecule has 0 N–H and O–H groups in total. The zero-order chi connectivity index (χ0) is 18.7. The number of benzene rings is 1. The van der Waals surface area contributed by atoms with Crippen molar-refractivity contribution < 1.29 is 4.79 Å². The number of carbonyl (C=O) groups excluding carboxylic acids is 1. The van der Waals surface area contributed by atoms with Crippen LogP contribution >= 0.6 is 0 Å². The molecule has 0 spiro atoms. The summed E-state index contributed by atoms with van der Waals surface area (Å²) in [6.45, 7) is 4.15. The highest BCUT2D eigenvalue weighted by atomic mass is 16.2. The first-order valence-corrected chi connectivity index (χ1v) is 8.85. The van der Waals surface area contributed by atoms with Crippen LogP contribution in [0.15, 0.2) is 38.8 Å². The van der Waals surface area contributed by atoms with E-state index in [1.165, 1.54) is 11.6 Å². The Balaban J connectivity index is 2.08. The number of ketones is 1. The molecule has 2 unspecified atom stereocenters. The first-order chi connectivity index (χ1) is 12.3. The molecular formula is C20H21N3O3. The van der Waals surface area contributed by atoms with Gasteiger partial charge in [0, 0.05) is 31.1 Å². The van der Waals surface area contributed by atoms with Crippen molar-refractivity contribution in [3.05, 3.63) is 61.8 Å². The first-order valence-electron chi connectivity index (χ1n) is 8.85. The van der Waals surface area contributed by atoms with E-state index in [1.54, 1.807) is 7.05 Å². The van der Waals surface area contributed by atoms with Gasteiger partial charge in [0.05, 0.1) is 17.2 Å². The van der Waals surface area contributed by atoms with Gasteiger partial charge in [-0.15, -0.1) is 0 Å². The lowest BCUT2D eigenvalue weighted by molar-refractivity contribution is 0.0942. The number of hydrogen-bond acceptors (Lipinski definition) is 4. The Morgan fingerprint density at radius 2 is 1.69 bits per heavy atom. The van der Waals surface area contributed by atoms with Crippen molar-refractivity contribution in [2.45, 2.75) is 26.2 Å². The molecular weight excluding hydrogens is 330 g/mol. The molecule has 134 valence electrons. The van der Waals surface area contributed by atoms with Crippen molar-refractivity contribution >= 4 is 17.3 Å². The van der Waals surface area contributed by atoms with Gasteiger partial charge in [-0.1, -0.05) is 38.1 Å². The zero-order valence-corrected chi connectivity index (χ0v) is 15.3. The summed E-state index contributed by atoms with van der Waals surface area (Å²) in [7, 11) is 3.10. The molecule has 2 aliphatic rings. The highest BCUT2D eigenvalue weighted by Gasteiger charge is 2.46.